The van der Waals surface area contributed by atoms with Gasteiger partial charge in [0.1, 0.15) is 11.5 Å². The van der Waals surface area contributed by atoms with Crippen molar-refractivity contribution in [3.05, 3.63) is 64.2 Å². The van der Waals surface area contributed by atoms with Crippen molar-refractivity contribution in [3.63, 3.8) is 0 Å². The third-order valence-corrected chi connectivity index (χ3v) is 3.24. The number of nitrogens with one attached hydrogen (secondary N) is 1. The van der Waals surface area contributed by atoms with Gasteiger partial charge >= 0.3 is 0 Å². The summed E-state index contributed by atoms with van der Waals surface area (Å²) in [5.41, 5.74) is 3.66. The Bertz CT molecular complexity index is 606. The number of benzene rings is 2. The van der Waals surface area contributed by atoms with Crippen molar-refractivity contribution in [1.29, 1.82) is 0 Å². The molecule has 0 unspecified atom stereocenters. The highest BCUT2D eigenvalue weighted by molar-refractivity contribution is 5.49. The van der Waals surface area contributed by atoms with Crippen LogP contribution >= 0.6 is 0 Å². The van der Waals surface area contributed by atoms with Gasteiger partial charge in [0, 0.05) is 6.54 Å². The summed E-state index contributed by atoms with van der Waals surface area (Å²) in [6.45, 7) is 6.01. The van der Waals surface area contributed by atoms with Crippen LogP contribution in [0.3, 0.4) is 0 Å². The second-order valence-electron chi connectivity index (χ2n) is 4.84. The van der Waals surface area contributed by atoms with Gasteiger partial charge in [0.15, 0.2) is 5.82 Å². The predicted octanol–water partition coefficient (Wildman–Crippen LogP) is 4.50. The third-order valence-electron chi connectivity index (χ3n) is 3.24. The Hall–Kier alpha value is -1.90. The van der Waals surface area contributed by atoms with E-state index in [2.05, 4.69) is 5.32 Å². The van der Waals surface area contributed by atoms with Crippen LogP contribution in [-0.4, -0.2) is 0 Å². The first-order chi connectivity index (χ1) is 8.99. The van der Waals surface area contributed by atoms with Gasteiger partial charge in [0.2, 0.25) is 0 Å². The Morgan fingerprint density at radius 1 is 0.947 bits per heavy atom. The van der Waals surface area contributed by atoms with Gasteiger partial charge in [0.25, 0.3) is 0 Å². The Morgan fingerprint density at radius 3 is 2.37 bits per heavy atom. The molecule has 100 valence electrons. The van der Waals surface area contributed by atoms with Crippen LogP contribution in [-0.2, 0) is 6.54 Å². The highest BCUT2D eigenvalue weighted by Gasteiger charge is 2.11. The van der Waals surface area contributed by atoms with E-state index in [4.69, 9.17) is 0 Å². The zero-order chi connectivity index (χ0) is 14.0. The molecular formula is C16H17F2N. The van der Waals surface area contributed by atoms with E-state index in [0.717, 1.165) is 16.7 Å². The van der Waals surface area contributed by atoms with Crippen molar-refractivity contribution in [2.45, 2.75) is 27.3 Å². The topological polar surface area (TPSA) is 12.0 Å². The molecule has 0 saturated heterocycles. The molecule has 1 nitrogen and oxygen atoms in total. The molecule has 19 heavy (non-hydrogen) atoms. The SMILES string of the molecule is Cc1ccc(C)c(CNc2c(F)ccc(C)c2F)c1. The molecule has 2 rings (SSSR count). The van der Waals surface area contributed by atoms with E-state index in [1.165, 1.54) is 12.1 Å². The van der Waals surface area contributed by atoms with E-state index >= 15 is 0 Å². The summed E-state index contributed by atoms with van der Waals surface area (Å²) in [4.78, 5) is 0. The Kier molecular flexibility index (Phi) is 3.84. The van der Waals surface area contributed by atoms with E-state index in [1.807, 2.05) is 32.0 Å². The predicted molar refractivity (Wildman–Crippen MR) is 74.3 cm³/mol. The van der Waals surface area contributed by atoms with Crippen LogP contribution in [0.5, 0.6) is 0 Å². The summed E-state index contributed by atoms with van der Waals surface area (Å²) in [6.07, 6.45) is 0. The molecule has 0 atom stereocenters. The molecular weight excluding hydrogens is 244 g/mol. The molecule has 0 aliphatic heterocycles. The maximum absolute atomic E-state index is 13.8. The maximum atomic E-state index is 13.8. The van der Waals surface area contributed by atoms with Crippen molar-refractivity contribution in [3.8, 4) is 0 Å². The van der Waals surface area contributed by atoms with Gasteiger partial charge in [-0.1, -0.05) is 29.8 Å². The zero-order valence-corrected chi connectivity index (χ0v) is 11.3. The Balaban J connectivity index is 2.24. The van der Waals surface area contributed by atoms with Crippen molar-refractivity contribution < 1.29 is 8.78 Å². The van der Waals surface area contributed by atoms with Crippen molar-refractivity contribution in [2.24, 2.45) is 0 Å². The summed E-state index contributed by atoms with van der Waals surface area (Å²) in [5.74, 6) is -1.08. The van der Waals surface area contributed by atoms with Gasteiger partial charge in [-0.15, -0.1) is 0 Å². The molecule has 1 N–H and O–H groups in total. The molecule has 0 bridgehead atoms. The van der Waals surface area contributed by atoms with E-state index < -0.39 is 11.6 Å². The van der Waals surface area contributed by atoms with Crippen molar-refractivity contribution in [2.75, 3.05) is 5.32 Å². The molecule has 0 fully saturated rings. The standard InChI is InChI=1S/C16H17F2N/c1-10-4-5-11(2)13(8-10)9-19-16-14(17)7-6-12(3)15(16)18/h4-8,19H,9H2,1-3H3. The average Bonchev–Trinajstić information content (AvgIpc) is 2.38. The fourth-order valence-electron chi connectivity index (χ4n) is 1.99. The van der Waals surface area contributed by atoms with E-state index in [0.29, 0.717) is 12.1 Å². The smallest absolute Gasteiger partial charge is 0.152 e. The van der Waals surface area contributed by atoms with Crippen LogP contribution in [0.1, 0.15) is 22.3 Å². The molecule has 0 radical (unpaired) electrons. The first-order valence-electron chi connectivity index (χ1n) is 6.23. The minimum absolute atomic E-state index is 0.0547. The highest BCUT2D eigenvalue weighted by atomic mass is 19.1. The van der Waals surface area contributed by atoms with E-state index in [-0.39, 0.29) is 5.69 Å². The minimum atomic E-state index is -0.562. The molecule has 0 aromatic heterocycles. The quantitative estimate of drug-likeness (QED) is 0.857. The average molecular weight is 261 g/mol. The largest absolute Gasteiger partial charge is 0.376 e. The van der Waals surface area contributed by atoms with Crippen molar-refractivity contribution in [1.82, 2.24) is 0 Å². The van der Waals surface area contributed by atoms with Gasteiger partial charge < -0.3 is 5.32 Å². The normalized spacial score (nSPS) is 10.6. The lowest BCUT2D eigenvalue weighted by atomic mass is 10.1. The lowest BCUT2D eigenvalue weighted by molar-refractivity contribution is 0.582. The first-order valence-corrected chi connectivity index (χ1v) is 6.23. The molecule has 0 aliphatic carbocycles. The second-order valence-corrected chi connectivity index (χ2v) is 4.84. The van der Waals surface area contributed by atoms with Gasteiger partial charge in [0.05, 0.1) is 0 Å². The molecule has 0 aliphatic rings. The molecule has 2 aromatic carbocycles. The van der Waals surface area contributed by atoms with Crippen LogP contribution in [0.15, 0.2) is 30.3 Å². The van der Waals surface area contributed by atoms with Gasteiger partial charge in [-0.2, -0.15) is 0 Å². The van der Waals surface area contributed by atoms with Crippen molar-refractivity contribution >= 4 is 5.69 Å². The molecule has 3 heteroatoms. The summed E-state index contributed by atoms with van der Waals surface area (Å²) >= 11 is 0. The fourth-order valence-corrected chi connectivity index (χ4v) is 1.99. The summed E-state index contributed by atoms with van der Waals surface area (Å²) in [7, 11) is 0. The number of rotatable bonds is 3. The maximum Gasteiger partial charge on any atom is 0.152 e. The van der Waals surface area contributed by atoms with Gasteiger partial charge in [-0.25, -0.2) is 8.78 Å². The molecule has 0 spiro atoms. The molecule has 2 aromatic rings. The summed E-state index contributed by atoms with van der Waals surface area (Å²) in [5, 5.41) is 2.86. The summed E-state index contributed by atoms with van der Waals surface area (Å²) < 4.78 is 27.5. The fraction of sp³-hybridized carbons (Fsp3) is 0.250. The number of hydrogen-bond acceptors (Lipinski definition) is 1. The minimum Gasteiger partial charge on any atom is -0.376 e. The van der Waals surface area contributed by atoms with Crippen LogP contribution in [0, 0.1) is 32.4 Å². The monoisotopic (exact) mass is 261 g/mol. The Labute approximate surface area is 112 Å². The number of anilines is 1. The molecule has 0 heterocycles. The number of halogens is 2. The van der Waals surface area contributed by atoms with Gasteiger partial charge in [-0.05, 0) is 43.5 Å². The van der Waals surface area contributed by atoms with Crippen LogP contribution < -0.4 is 5.32 Å². The van der Waals surface area contributed by atoms with Crippen LogP contribution in [0.4, 0.5) is 14.5 Å². The van der Waals surface area contributed by atoms with E-state index in [9.17, 15) is 8.78 Å². The van der Waals surface area contributed by atoms with E-state index in [1.54, 1.807) is 6.92 Å². The second kappa shape index (κ2) is 5.39. The molecule has 0 saturated carbocycles. The van der Waals surface area contributed by atoms with Gasteiger partial charge in [-0.3, -0.25) is 0 Å². The van der Waals surface area contributed by atoms with Crippen LogP contribution in [0.25, 0.3) is 0 Å². The first kappa shape index (κ1) is 13.5. The number of hydrogen-bond donors (Lipinski definition) is 1. The summed E-state index contributed by atoms with van der Waals surface area (Å²) in [6, 6.07) is 8.77. The lowest BCUT2D eigenvalue weighted by Crippen LogP contribution is -2.06. The highest BCUT2D eigenvalue weighted by Crippen LogP contribution is 2.23. The zero-order valence-electron chi connectivity index (χ0n) is 11.3. The number of aryl methyl sites for hydroxylation is 3. The molecule has 0 amide bonds. The third kappa shape index (κ3) is 2.92. The Morgan fingerprint density at radius 2 is 1.63 bits per heavy atom. The van der Waals surface area contributed by atoms with Crippen LogP contribution in [0.2, 0.25) is 0 Å². The lowest BCUT2D eigenvalue weighted by Gasteiger charge is -2.12.